The van der Waals surface area contributed by atoms with Crippen molar-refractivity contribution in [2.24, 2.45) is 0 Å². The first-order chi connectivity index (χ1) is 9.29. The highest BCUT2D eigenvalue weighted by atomic mass is 19.1. The van der Waals surface area contributed by atoms with Crippen molar-refractivity contribution in [3.05, 3.63) is 42.5 Å². The Morgan fingerprint density at radius 2 is 2.11 bits per heavy atom. The summed E-state index contributed by atoms with van der Waals surface area (Å²) >= 11 is 0. The minimum absolute atomic E-state index is 0.146. The fraction of sp³-hybridized carbons (Fsp3) is 0.154. The van der Waals surface area contributed by atoms with E-state index in [0.717, 1.165) is 17.1 Å². The smallest absolute Gasteiger partial charge is 0.224 e. The number of para-hydroxylation sites is 1. The van der Waals surface area contributed by atoms with Crippen molar-refractivity contribution in [1.82, 2.24) is 19.7 Å². The van der Waals surface area contributed by atoms with E-state index in [4.69, 9.17) is 0 Å². The molecule has 0 unspecified atom stereocenters. The van der Waals surface area contributed by atoms with Crippen molar-refractivity contribution in [3.63, 3.8) is 0 Å². The van der Waals surface area contributed by atoms with Crippen LogP contribution in [0.15, 0.2) is 36.7 Å². The van der Waals surface area contributed by atoms with E-state index in [1.165, 1.54) is 4.68 Å². The molecule has 96 valence electrons. The van der Waals surface area contributed by atoms with Crippen molar-refractivity contribution < 1.29 is 4.39 Å². The quantitative estimate of drug-likeness (QED) is 0.782. The number of aromatic nitrogens is 4. The Balaban J connectivity index is 2.17. The molecule has 1 N–H and O–H groups in total. The van der Waals surface area contributed by atoms with Crippen molar-refractivity contribution in [1.29, 1.82) is 0 Å². The maximum Gasteiger partial charge on any atom is 0.224 e. The Kier molecular flexibility index (Phi) is 2.83. The second kappa shape index (κ2) is 4.64. The average molecular weight is 257 g/mol. The summed E-state index contributed by atoms with van der Waals surface area (Å²) < 4.78 is 15.4. The molecule has 3 aromatic rings. The van der Waals surface area contributed by atoms with E-state index >= 15 is 0 Å². The van der Waals surface area contributed by atoms with Gasteiger partial charge < -0.3 is 5.32 Å². The predicted molar refractivity (Wildman–Crippen MR) is 70.8 cm³/mol. The van der Waals surface area contributed by atoms with Crippen LogP contribution in [0.3, 0.4) is 0 Å². The standard InChI is InChI=1S/C13H12FN5/c1-2-15-13-16-8-10(14)12(18-13)19-11-6-4-3-5-9(11)7-17-19/h3-8H,2H2,1H3,(H,15,16,18). The summed E-state index contributed by atoms with van der Waals surface area (Å²) in [5.74, 6) is 0.0288. The molecular formula is C13H12FN5. The number of benzene rings is 1. The van der Waals surface area contributed by atoms with Crippen LogP contribution in [0.2, 0.25) is 0 Å². The van der Waals surface area contributed by atoms with E-state index in [-0.39, 0.29) is 5.82 Å². The molecular weight excluding hydrogens is 245 g/mol. The molecule has 0 aliphatic carbocycles. The zero-order valence-electron chi connectivity index (χ0n) is 10.3. The molecule has 0 aliphatic heterocycles. The Bertz CT molecular complexity index is 722. The molecule has 0 atom stereocenters. The Hall–Kier alpha value is -2.50. The minimum atomic E-state index is -0.504. The third-order valence-corrected chi connectivity index (χ3v) is 2.74. The van der Waals surface area contributed by atoms with Crippen molar-refractivity contribution >= 4 is 16.9 Å². The highest BCUT2D eigenvalue weighted by Gasteiger charge is 2.12. The zero-order chi connectivity index (χ0) is 13.2. The van der Waals surface area contributed by atoms with Gasteiger partial charge in [0.2, 0.25) is 5.95 Å². The Labute approximate surface area is 109 Å². The summed E-state index contributed by atoms with van der Waals surface area (Å²) in [7, 11) is 0. The first-order valence-electron chi connectivity index (χ1n) is 5.99. The van der Waals surface area contributed by atoms with Gasteiger partial charge in [-0.2, -0.15) is 10.1 Å². The summed E-state index contributed by atoms with van der Waals surface area (Å²) in [6.45, 7) is 2.60. The summed E-state index contributed by atoms with van der Waals surface area (Å²) in [6, 6.07) is 7.58. The molecule has 0 aliphatic rings. The molecule has 3 rings (SSSR count). The lowest BCUT2D eigenvalue weighted by Gasteiger charge is -2.06. The van der Waals surface area contributed by atoms with Crippen LogP contribution in [0.1, 0.15) is 6.92 Å². The summed E-state index contributed by atoms with van der Waals surface area (Å²) in [6.07, 6.45) is 2.83. The molecule has 2 aromatic heterocycles. The van der Waals surface area contributed by atoms with Crippen LogP contribution >= 0.6 is 0 Å². The van der Waals surface area contributed by atoms with Gasteiger partial charge in [-0.3, -0.25) is 0 Å². The number of rotatable bonds is 3. The van der Waals surface area contributed by atoms with Gasteiger partial charge in [0.05, 0.1) is 17.9 Å². The molecule has 0 saturated heterocycles. The molecule has 0 bridgehead atoms. The van der Waals surface area contributed by atoms with E-state index in [1.807, 2.05) is 31.2 Å². The molecule has 0 spiro atoms. The van der Waals surface area contributed by atoms with Gasteiger partial charge in [-0.05, 0) is 13.0 Å². The summed E-state index contributed by atoms with van der Waals surface area (Å²) in [5.41, 5.74) is 0.808. The highest BCUT2D eigenvalue weighted by Crippen LogP contribution is 2.19. The Morgan fingerprint density at radius 1 is 1.26 bits per heavy atom. The van der Waals surface area contributed by atoms with Crippen LogP contribution in [0.4, 0.5) is 10.3 Å². The number of hydrogen-bond acceptors (Lipinski definition) is 4. The molecule has 0 radical (unpaired) electrons. The normalized spacial score (nSPS) is 10.8. The Morgan fingerprint density at radius 3 is 2.95 bits per heavy atom. The van der Waals surface area contributed by atoms with Crippen LogP contribution in [0.5, 0.6) is 0 Å². The lowest BCUT2D eigenvalue weighted by Crippen LogP contribution is -2.08. The maximum atomic E-state index is 13.9. The summed E-state index contributed by atoms with van der Waals surface area (Å²) in [5, 5.41) is 8.08. The third kappa shape index (κ3) is 2.01. The van der Waals surface area contributed by atoms with Crippen molar-refractivity contribution in [2.45, 2.75) is 6.92 Å². The predicted octanol–water partition coefficient (Wildman–Crippen LogP) is 2.39. The monoisotopic (exact) mass is 257 g/mol. The first-order valence-corrected chi connectivity index (χ1v) is 5.99. The first kappa shape index (κ1) is 11.6. The SMILES string of the molecule is CCNc1ncc(F)c(-n2ncc3ccccc32)n1. The minimum Gasteiger partial charge on any atom is -0.354 e. The fourth-order valence-corrected chi connectivity index (χ4v) is 1.89. The largest absolute Gasteiger partial charge is 0.354 e. The van der Waals surface area contributed by atoms with Gasteiger partial charge in [0.25, 0.3) is 0 Å². The van der Waals surface area contributed by atoms with Crippen LogP contribution in [0.25, 0.3) is 16.7 Å². The second-order valence-corrected chi connectivity index (χ2v) is 4.01. The van der Waals surface area contributed by atoms with Gasteiger partial charge in [-0.25, -0.2) is 14.1 Å². The lowest BCUT2D eigenvalue weighted by molar-refractivity contribution is 0.596. The van der Waals surface area contributed by atoms with E-state index in [2.05, 4.69) is 20.4 Å². The van der Waals surface area contributed by atoms with Crippen LogP contribution in [-0.2, 0) is 0 Å². The van der Waals surface area contributed by atoms with E-state index < -0.39 is 5.82 Å². The van der Waals surface area contributed by atoms with Crippen LogP contribution in [-0.4, -0.2) is 26.3 Å². The lowest BCUT2D eigenvalue weighted by atomic mass is 10.2. The van der Waals surface area contributed by atoms with E-state index in [9.17, 15) is 4.39 Å². The number of fused-ring (bicyclic) bond motifs is 1. The molecule has 0 fully saturated rings. The number of hydrogen-bond donors (Lipinski definition) is 1. The fourth-order valence-electron chi connectivity index (χ4n) is 1.89. The molecule has 2 heterocycles. The topological polar surface area (TPSA) is 55.6 Å². The van der Waals surface area contributed by atoms with Gasteiger partial charge in [0.1, 0.15) is 0 Å². The van der Waals surface area contributed by atoms with Gasteiger partial charge >= 0.3 is 0 Å². The molecule has 6 heteroatoms. The zero-order valence-corrected chi connectivity index (χ0v) is 10.3. The molecule has 0 amide bonds. The molecule has 1 aromatic carbocycles. The number of nitrogens with zero attached hydrogens (tertiary/aromatic N) is 4. The van der Waals surface area contributed by atoms with E-state index in [1.54, 1.807) is 6.20 Å². The van der Waals surface area contributed by atoms with Gasteiger partial charge in [-0.15, -0.1) is 0 Å². The number of anilines is 1. The number of halogens is 1. The maximum absolute atomic E-state index is 13.9. The molecule has 5 nitrogen and oxygen atoms in total. The van der Waals surface area contributed by atoms with Crippen LogP contribution in [0, 0.1) is 5.82 Å². The molecule has 0 saturated carbocycles. The van der Waals surface area contributed by atoms with Gasteiger partial charge in [0.15, 0.2) is 11.6 Å². The van der Waals surface area contributed by atoms with Crippen molar-refractivity contribution in [3.8, 4) is 5.82 Å². The highest BCUT2D eigenvalue weighted by molar-refractivity contribution is 5.79. The molecule has 19 heavy (non-hydrogen) atoms. The van der Waals surface area contributed by atoms with Gasteiger partial charge in [-0.1, -0.05) is 18.2 Å². The summed E-state index contributed by atoms with van der Waals surface area (Å²) in [4.78, 5) is 8.04. The van der Waals surface area contributed by atoms with E-state index in [0.29, 0.717) is 12.5 Å². The van der Waals surface area contributed by atoms with Gasteiger partial charge in [0, 0.05) is 11.9 Å². The van der Waals surface area contributed by atoms with Crippen molar-refractivity contribution in [2.75, 3.05) is 11.9 Å². The second-order valence-electron chi connectivity index (χ2n) is 4.01. The third-order valence-electron chi connectivity index (χ3n) is 2.74. The number of nitrogens with one attached hydrogen (secondary N) is 1. The average Bonchev–Trinajstić information content (AvgIpc) is 2.85. The van der Waals surface area contributed by atoms with Crippen LogP contribution < -0.4 is 5.32 Å².